The number of phenols is 2. The van der Waals surface area contributed by atoms with Gasteiger partial charge in [0.25, 0.3) is 0 Å². The molecule has 0 unspecified atom stereocenters. The molecule has 0 aliphatic carbocycles. The standard InChI is InChI=1S/C40H37N2O2.Au/c1-24-19-25(2)38(26(3)20-24)28-21-33(30-11-7-9-13-36(30)43)41-34(22-28)35-23-32(27-15-17-29(18-16-27)40(4,5)6)39(42-35)31-12-8-10-14-37(31)44;/h7-23H,1-6H3,(H2-,41,42,43,44);/q-1;+1. The monoisotopic (exact) mass is 774 g/mol. The molecule has 4 aromatic carbocycles. The van der Waals surface area contributed by atoms with Crippen LogP contribution in [0.1, 0.15) is 43.0 Å². The molecule has 6 aromatic rings. The van der Waals surface area contributed by atoms with Crippen molar-refractivity contribution in [1.29, 1.82) is 0 Å². The van der Waals surface area contributed by atoms with Crippen LogP contribution in [-0.4, -0.2) is 15.2 Å². The van der Waals surface area contributed by atoms with E-state index in [1.54, 1.807) is 12.1 Å². The fourth-order valence-electron chi connectivity index (χ4n) is 6.07. The number of para-hydroxylation sites is 2. The van der Waals surface area contributed by atoms with Crippen LogP contribution in [0.2, 0.25) is 0 Å². The van der Waals surface area contributed by atoms with E-state index < -0.39 is 0 Å². The van der Waals surface area contributed by atoms with E-state index in [2.05, 4.69) is 90.1 Å². The second-order valence-corrected chi connectivity index (χ2v) is 12.7. The molecule has 0 saturated heterocycles. The van der Waals surface area contributed by atoms with Gasteiger partial charge in [0.15, 0.2) is 0 Å². The van der Waals surface area contributed by atoms with Gasteiger partial charge in [0, 0.05) is 16.8 Å². The molecular weight excluding hydrogens is 737 g/mol. The Morgan fingerprint density at radius 2 is 1.16 bits per heavy atom. The summed E-state index contributed by atoms with van der Waals surface area (Å²) >= 11 is 0. The first-order valence-corrected chi connectivity index (χ1v) is 15.0. The molecule has 0 amide bonds. The largest absolute Gasteiger partial charge is 1.00 e. The summed E-state index contributed by atoms with van der Waals surface area (Å²) in [5.74, 6) is 0.345. The number of pyridine rings is 1. The molecular formula is C40H37AuN2O2. The second kappa shape index (κ2) is 12.6. The van der Waals surface area contributed by atoms with Crippen LogP contribution in [0.15, 0.2) is 103 Å². The van der Waals surface area contributed by atoms with Crippen molar-refractivity contribution >= 4 is 0 Å². The van der Waals surface area contributed by atoms with Crippen LogP contribution in [-0.2, 0) is 27.8 Å². The average molecular weight is 775 g/mol. The maximum Gasteiger partial charge on any atom is 1.00 e. The molecule has 45 heavy (non-hydrogen) atoms. The van der Waals surface area contributed by atoms with Gasteiger partial charge in [0.2, 0.25) is 0 Å². The summed E-state index contributed by atoms with van der Waals surface area (Å²) in [6, 6.07) is 33.7. The van der Waals surface area contributed by atoms with Crippen molar-refractivity contribution in [3.63, 3.8) is 0 Å². The maximum absolute atomic E-state index is 10.9. The summed E-state index contributed by atoms with van der Waals surface area (Å²) < 4.78 is 0. The Morgan fingerprint density at radius 1 is 0.600 bits per heavy atom. The summed E-state index contributed by atoms with van der Waals surface area (Å²) in [5, 5.41) is 21.7. The molecule has 5 heteroatoms. The topological polar surface area (TPSA) is 67.5 Å². The molecule has 230 valence electrons. The van der Waals surface area contributed by atoms with Gasteiger partial charge in [0.1, 0.15) is 11.5 Å². The van der Waals surface area contributed by atoms with Crippen molar-refractivity contribution in [1.82, 2.24) is 9.97 Å². The van der Waals surface area contributed by atoms with E-state index in [1.165, 1.54) is 22.3 Å². The second-order valence-electron chi connectivity index (χ2n) is 12.7. The Balaban J connectivity index is 0.00000400. The van der Waals surface area contributed by atoms with Gasteiger partial charge in [0.05, 0.1) is 5.69 Å². The summed E-state index contributed by atoms with van der Waals surface area (Å²) in [7, 11) is 0. The normalized spacial score (nSPS) is 11.3. The summed E-state index contributed by atoms with van der Waals surface area (Å²) in [6.45, 7) is 13.0. The van der Waals surface area contributed by atoms with Crippen LogP contribution < -0.4 is 4.98 Å². The number of hydrogen-bond donors (Lipinski definition) is 2. The van der Waals surface area contributed by atoms with Crippen LogP contribution in [0, 0.1) is 20.8 Å². The minimum absolute atomic E-state index is 0. The maximum atomic E-state index is 10.9. The molecule has 2 N–H and O–H groups in total. The van der Waals surface area contributed by atoms with Gasteiger partial charge in [-0.05, 0) is 95.5 Å². The summed E-state index contributed by atoms with van der Waals surface area (Å²) in [6.07, 6.45) is 0. The number of phenolic OH excluding ortho intramolecular Hbond substituents is 2. The Kier molecular flexibility index (Phi) is 8.95. The Bertz CT molecular complexity index is 1980. The minimum atomic E-state index is 0. The van der Waals surface area contributed by atoms with Gasteiger partial charge in [-0.3, -0.25) is 0 Å². The molecule has 0 spiro atoms. The first-order valence-electron chi connectivity index (χ1n) is 15.0. The van der Waals surface area contributed by atoms with E-state index in [4.69, 9.17) is 9.97 Å². The van der Waals surface area contributed by atoms with Crippen LogP contribution in [0.25, 0.3) is 56.2 Å². The fraction of sp³-hybridized carbons (Fsp3) is 0.175. The van der Waals surface area contributed by atoms with Crippen LogP contribution in [0.3, 0.4) is 0 Å². The van der Waals surface area contributed by atoms with Crippen LogP contribution in [0.5, 0.6) is 11.5 Å². The summed E-state index contributed by atoms with van der Waals surface area (Å²) in [4.78, 5) is 10.2. The van der Waals surface area contributed by atoms with Gasteiger partial charge in [-0.25, -0.2) is 4.98 Å². The quantitative estimate of drug-likeness (QED) is 0.171. The predicted octanol–water partition coefficient (Wildman–Crippen LogP) is 10.0. The number of aromatic nitrogens is 2. The van der Waals surface area contributed by atoms with Gasteiger partial charge < -0.3 is 15.2 Å². The van der Waals surface area contributed by atoms with Crippen molar-refractivity contribution in [3.8, 4) is 67.7 Å². The Labute approximate surface area is 281 Å². The van der Waals surface area contributed by atoms with E-state index >= 15 is 0 Å². The van der Waals surface area contributed by atoms with E-state index in [9.17, 15) is 10.2 Å². The van der Waals surface area contributed by atoms with Crippen LogP contribution in [0.4, 0.5) is 0 Å². The number of aryl methyl sites for hydroxylation is 3. The molecule has 0 radical (unpaired) electrons. The first kappa shape index (κ1) is 32.1. The molecule has 2 heterocycles. The van der Waals surface area contributed by atoms with Gasteiger partial charge in [-0.15, -0.1) is 11.4 Å². The van der Waals surface area contributed by atoms with Crippen molar-refractivity contribution in [3.05, 3.63) is 125 Å². The third-order valence-electron chi connectivity index (χ3n) is 8.22. The van der Waals surface area contributed by atoms with Gasteiger partial charge >= 0.3 is 22.4 Å². The van der Waals surface area contributed by atoms with Crippen LogP contribution >= 0.6 is 0 Å². The third-order valence-corrected chi connectivity index (χ3v) is 8.22. The molecule has 0 bridgehead atoms. The molecule has 6 rings (SSSR count). The van der Waals surface area contributed by atoms with E-state index in [0.29, 0.717) is 33.9 Å². The zero-order valence-electron chi connectivity index (χ0n) is 26.4. The fourth-order valence-corrected chi connectivity index (χ4v) is 6.07. The van der Waals surface area contributed by atoms with Gasteiger partial charge in [-0.1, -0.05) is 99.1 Å². The van der Waals surface area contributed by atoms with E-state index in [0.717, 1.165) is 22.3 Å². The zero-order chi connectivity index (χ0) is 31.2. The predicted molar refractivity (Wildman–Crippen MR) is 181 cm³/mol. The third kappa shape index (κ3) is 6.41. The molecule has 0 saturated carbocycles. The number of nitrogens with zero attached hydrogens (tertiary/aromatic N) is 2. The number of benzene rings is 4. The SMILES string of the molecule is Cc1cc(C)c(-c2cc(-c3cc(-c4ccc(C(C)(C)C)cc4)c(-c4ccccc4O)[n-]3)nc(-c3ccccc3O)c2)c(C)c1.[Au+]. The van der Waals surface area contributed by atoms with Crippen molar-refractivity contribution in [2.75, 3.05) is 0 Å². The smallest absolute Gasteiger partial charge is 0.655 e. The molecule has 4 nitrogen and oxygen atoms in total. The number of hydrogen-bond acceptors (Lipinski definition) is 3. The number of aromatic hydroxyl groups is 2. The zero-order valence-corrected chi connectivity index (χ0v) is 28.6. The molecule has 0 atom stereocenters. The first-order chi connectivity index (χ1) is 21.0. The van der Waals surface area contributed by atoms with Crippen molar-refractivity contribution in [2.45, 2.75) is 47.0 Å². The van der Waals surface area contributed by atoms with E-state index in [1.807, 2.05) is 42.5 Å². The molecule has 0 fully saturated rings. The van der Waals surface area contributed by atoms with Gasteiger partial charge in [-0.2, -0.15) is 0 Å². The number of rotatable bonds is 5. The molecule has 0 aliphatic heterocycles. The van der Waals surface area contributed by atoms with Crippen molar-refractivity contribution in [2.24, 2.45) is 0 Å². The summed E-state index contributed by atoms with van der Waals surface area (Å²) in [5.41, 5.74) is 13.0. The van der Waals surface area contributed by atoms with Crippen molar-refractivity contribution < 1.29 is 32.6 Å². The Morgan fingerprint density at radius 3 is 1.73 bits per heavy atom. The molecule has 2 aromatic heterocycles. The van der Waals surface area contributed by atoms with E-state index in [-0.39, 0.29) is 39.3 Å². The average Bonchev–Trinajstić information content (AvgIpc) is 3.42. The Hall–Kier alpha value is -4.35. The minimum Gasteiger partial charge on any atom is -0.655 e. The molecule has 0 aliphatic rings.